The molecule has 0 radical (unpaired) electrons. The molecule has 1 aliphatic carbocycles. The molecule has 3 aromatic rings. The Balaban J connectivity index is 1.38. The van der Waals surface area contributed by atoms with Crippen molar-refractivity contribution < 1.29 is 4.79 Å². The minimum Gasteiger partial charge on any atom is -0.337 e. The predicted molar refractivity (Wildman–Crippen MR) is 106 cm³/mol. The molecule has 0 saturated carbocycles. The summed E-state index contributed by atoms with van der Waals surface area (Å²) in [5.41, 5.74) is 2.22. The van der Waals surface area contributed by atoms with Gasteiger partial charge in [-0.2, -0.15) is 0 Å². The summed E-state index contributed by atoms with van der Waals surface area (Å²) < 4.78 is 0. The molecule has 0 unspecified atom stereocenters. The minimum atomic E-state index is -0.0675. The molecule has 2 aromatic heterocycles. The van der Waals surface area contributed by atoms with Crippen LogP contribution in [0.15, 0.2) is 41.3 Å². The van der Waals surface area contributed by atoms with Crippen molar-refractivity contribution in [1.29, 1.82) is 0 Å². The lowest BCUT2D eigenvalue weighted by atomic mass is 9.76. The zero-order valence-corrected chi connectivity index (χ0v) is 15.9. The summed E-state index contributed by atoms with van der Waals surface area (Å²) in [7, 11) is 0. The van der Waals surface area contributed by atoms with Crippen molar-refractivity contribution >= 4 is 16.7 Å². The molecule has 6 heteroatoms. The monoisotopic (exact) mass is 374 g/mol. The van der Waals surface area contributed by atoms with Gasteiger partial charge in [-0.05, 0) is 44.1 Å². The van der Waals surface area contributed by atoms with Crippen LogP contribution in [0, 0.1) is 6.92 Å². The number of likely N-dealkylation sites (tertiary alicyclic amines) is 1. The predicted octanol–water partition coefficient (Wildman–Crippen LogP) is 2.75. The molecule has 142 valence electrons. The molecule has 3 heterocycles. The van der Waals surface area contributed by atoms with E-state index < -0.39 is 0 Å². The van der Waals surface area contributed by atoms with E-state index in [1.165, 1.54) is 0 Å². The molecule has 1 N–H and O–H groups in total. The first-order valence-corrected chi connectivity index (χ1v) is 9.80. The molecule has 1 aliphatic heterocycles. The first-order chi connectivity index (χ1) is 13.6. The highest BCUT2D eigenvalue weighted by atomic mass is 16.2. The van der Waals surface area contributed by atoms with Crippen molar-refractivity contribution in [2.45, 2.75) is 38.0 Å². The third-order valence-corrected chi connectivity index (χ3v) is 6.35. The largest absolute Gasteiger partial charge is 0.337 e. The SMILES string of the molecule is Cc1nc2c(c(=O)[nH]1)CCC21CCN(C(=O)c2cc3ccccc3cn2)CC1. The molecule has 28 heavy (non-hydrogen) atoms. The number of aromatic amines is 1. The number of fused-ring (bicyclic) bond motifs is 3. The Bertz CT molecular complexity index is 1140. The topological polar surface area (TPSA) is 79.0 Å². The first kappa shape index (κ1) is 17.1. The number of H-pyrrole nitrogens is 1. The summed E-state index contributed by atoms with van der Waals surface area (Å²) in [4.78, 5) is 39.0. The van der Waals surface area contributed by atoms with Gasteiger partial charge in [0.05, 0.1) is 5.69 Å². The highest BCUT2D eigenvalue weighted by Crippen LogP contribution is 2.44. The summed E-state index contributed by atoms with van der Waals surface area (Å²) >= 11 is 0. The van der Waals surface area contributed by atoms with Gasteiger partial charge < -0.3 is 9.88 Å². The smallest absolute Gasteiger partial charge is 0.272 e. The van der Waals surface area contributed by atoms with Crippen molar-refractivity contribution in [2.24, 2.45) is 0 Å². The molecule has 0 bridgehead atoms. The number of amides is 1. The van der Waals surface area contributed by atoms with Gasteiger partial charge in [-0.25, -0.2) is 4.98 Å². The fourth-order valence-corrected chi connectivity index (χ4v) is 4.75. The summed E-state index contributed by atoms with van der Waals surface area (Å²) in [5.74, 6) is 0.651. The molecule has 0 atom stereocenters. The van der Waals surface area contributed by atoms with Crippen LogP contribution in [0.2, 0.25) is 0 Å². The first-order valence-electron chi connectivity index (χ1n) is 9.80. The van der Waals surface area contributed by atoms with Crippen molar-refractivity contribution in [3.63, 3.8) is 0 Å². The molecular formula is C22H22N4O2. The van der Waals surface area contributed by atoms with Crippen LogP contribution in [0.4, 0.5) is 0 Å². The van der Waals surface area contributed by atoms with Crippen LogP contribution >= 0.6 is 0 Å². The number of hydrogen-bond donors (Lipinski definition) is 1. The molecular weight excluding hydrogens is 352 g/mol. The number of pyridine rings is 1. The number of nitrogens with zero attached hydrogens (tertiary/aromatic N) is 3. The van der Waals surface area contributed by atoms with Gasteiger partial charge in [0.2, 0.25) is 0 Å². The summed E-state index contributed by atoms with van der Waals surface area (Å²) in [6.07, 6.45) is 5.17. The normalized spacial score (nSPS) is 17.8. The van der Waals surface area contributed by atoms with E-state index in [9.17, 15) is 9.59 Å². The maximum absolute atomic E-state index is 13.0. The average molecular weight is 374 g/mol. The van der Waals surface area contributed by atoms with Crippen LogP contribution in [-0.4, -0.2) is 38.8 Å². The van der Waals surface area contributed by atoms with E-state index in [1.54, 1.807) is 6.20 Å². The van der Waals surface area contributed by atoms with Gasteiger partial charge in [-0.1, -0.05) is 24.3 Å². The van der Waals surface area contributed by atoms with Crippen molar-refractivity contribution in [3.8, 4) is 0 Å². The second-order valence-electron chi connectivity index (χ2n) is 7.97. The second kappa shape index (κ2) is 6.26. The maximum atomic E-state index is 13.0. The Morgan fingerprint density at radius 1 is 1.14 bits per heavy atom. The Morgan fingerprint density at radius 3 is 2.68 bits per heavy atom. The van der Waals surface area contributed by atoms with Crippen LogP contribution in [0.1, 0.15) is 46.8 Å². The Morgan fingerprint density at radius 2 is 1.89 bits per heavy atom. The zero-order chi connectivity index (χ0) is 19.3. The number of aryl methyl sites for hydroxylation is 1. The van der Waals surface area contributed by atoms with Crippen LogP contribution < -0.4 is 5.56 Å². The molecule has 1 aromatic carbocycles. The lowest BCUT2D eigenvalue weighted by Crippen LogP contribution is -2.45. The molecule has 1 spiro atoms. The molecule has 1 amide bonds. The molecule has 2 aliphatic rings. The van der Waals surface area contributed by atoms with Gasteiger partial charge >= 0.3 is 0 Å². The number of benzene rings is 1. The fraction of sp³-hybridized carbons (Fsp3) is 0.364. The standard InChI is InChI=1S/C22H22N4O2/c1-14-24-19-17(20(27)25-14)6-7-22(19)8-10-26(11-9-22)21(28)18-12-15-4-2-3-5-16(15)13-23-18/h2-5,12-13H,6-11H2,1H3,(H,24,25,27). The maximum Gasteiger partial charge on any atom is 0.272 e. The number of carbonyl (C=O) groups is 1. The van der Waals surface area contributed by atoms with E-state index in [0.29, 0.717) is 24.6 Å². The summed E-state index contributed by atoms with van der Waals surface area (Å²) in [6, 6.07) is 9.80. The van der Waals surface area contributed by atoms with E-state index in [4.69, 9.17) is 0 Å². The zero-order valence-electron chi connectivity index (χ0n) is 15.9. The van der Waals surface area contributed by atoms with Gasteiger partial charge in [0.1, 0.15) is 11.5 Å². The number of rotatable bonds is 1. The average Bonchev–Trinajstić information content (AvgIpc) is 3.06. The van der Waals surface area contributed by atoms with Crippen molar-refractivity contribution in [2.75, 3.05) is 13.1 Å². The Labute approximate surface area is 162 Å². The number of piperidine rings is 1. The summed E-state index contributed by atoms with van der Waals surface area (Å²) in [5, 5.41) is 2.06. The van der Waals surface area contributed by atoms with E-state index in [0.717, 1.165) is 47.7 Å². The van der Waals surface area contributed by atoms with Crippen LogP contribution in [0.3, 0.4) is 0 Å². The van der Waals surface area contributed by atoms with Crippen molar-refractivity contribution in [1.82, 2.24) is 19.9 Å². The third-order valence-electron chi connectivity index (χ3n) is 6.35. The Kier molecular flexibility index (Phi) is 3.82. The number of carbonyl (C=O) groups excluding carboxylic acids is 1. The molecule has 1 fully saturated rings. The van der Waals surface area contributed by atoms with Crippen LogP contribution in [0.5, 0.6) is 0 Å². The highest BCUT2D eigenvalue weighted by Gasteiger charge is 2.44. The van der Waals surface area contributed by atoms with Gasteiger partial charge in [-0.15, -0.1) is 0 Å². The van der Waals surface area contributed by atoms with E-state index in [2.05, 4.69) is 15.0 Å². The van der Waals surface area contributed by atoms with Crippen LogP contribution in [0.25, 0.3) is 10.8 Å². The van der Waals surface area contributed by atoms with Gasteiger partial charge in [0.15, 0.2) is 0 Å². The molecule has 6 nitrogen and oxygen atoms in total. The number of aromatic nitrogens is 3. The van der Waals surface area contributed by atoms with Gasteiger partial charge in [-0.3, -0.25) is 14.6 Å². The van der Waals surface area contributed by atoms with Gasteiger partial charge in [0, 0.05) is 35.7 Å². The Hall–Kier alpha value is -3.02. The minimum absolute atomic E-state index is 0.00163. The van der Waals surface area contributed by atoms with Crippen LogP contribution in [-0.2, 0) is 11.8 Å². The van der Waals surface area contributed by atoms with Gasteiger partial charge in [0.25, 0.3) is 11.5 Å². The third kappa shape index (κ3) is 2.63. The van der Waals surface area contributed by atoms with E-state index >= 15 is 0 Å². The van der Waals surface area contributed by atoms with Crippen molar-refractivity contribution in [3.05, 3.63) is 69.7 Å². The summed E-state index contributed by atoms with van der Waals surface area (Å²) in [6.45, 7) is 3.17. The lowest BCUT2D eigenvalue weighted by molar-refractivity contribution is 0.0657. The second-order valence-corrected chi connectivity index (χ2v) is 7.97. The highest BCUT2D eigenvalue weighted by molar-refractivity contribution is 5.96. The van der Waals surface area contributed by atoms with E-state index in [-0.39, 0.29) is 16.9 Å². The lowest BCUT2D eigenvalue weighted by Gasteiger charge is -2.39. The number of nitrogens with one attached hydrogen (secondary N) is 1. The van der Waals surface area contributed by atoms with E-state index in [1.807, 2.05) is 42.2 Å². The quantitative estimate of drug-likeness (QED) is 0.710. The number of hydrogen-bond acceptors (Lipinski definition) is 4. The fourth-order valence-electron chi connectivity index (χ4n) is 4.75. The molecule has 5 rings (SSSR count). The molecule has 1 saturated heterocycles.